The molecule has 0 fully saturated rings. The molecule has 0 saturated carbocycles. The maximum absolute atomic E-state index is 13.4. The van der Waals surface area contributed by atoms with E-state index in [0.717, 1.165) is 0 Å². The molecule has 0 aliphatic carbocycles. The van der Waals surface area contributed by atoms with Crippen LogP contribution in [-0.2, 0) is 0 Å². The molecular weight excluding hydrogens is 283 g/mol. The molecule has 100 valence electrons. The summed E-state index contributed by atoms with van der Waals surface area (Å²) in [6.07, 6.45) is 1.43. The number of rotatable bonds is 2. The third-order valence-corrected chi connectivity index (χ3v) is 3.29. The van der Waals surface area contributed by atoms with Crippen molar-refractivity contribution in [2.24, 2.45) is 0 Å². The maximum atomic E-state index is 13.4. The van der Waals surface area contributed by atoms with Gasteiger partial charge < -0.3 is 5.11 Å². The van der Waals surface area contributed by atoms with Gasteiger partial charge in [0.05, 0.1) is 21.8 Å². The number of para-hydroxylation sites is 1. The first kappa shape index (κ1) is 12.6. The predicted octanol–water partition coefficient (Wildman–Crippen LogP) is 3.52. The summed E-state index contributed by atoms with van der Waals surface area (Å²) in [5.74, 6) is -1.49. The van der Waals surface area contributed by atoms with Crippen LogP contribution >= 0.6 is 11.6 Å². The maximum Gasteiger partial charge on any atom is 0.337 e. The number of fused-ring (bicyclic) bond motifs is 1. The van der Waals surface area contributed by atoms with E-state index >= 15 is 0 Å². The number of carboxylic acid groups (broad SMARTS) is 1. The Bertz CT molecular complexity index is 829. The lowest BCUT2D eigenvalue weighted by molar-refractivity contribution is 0.0699. The molecule has 0 bridgehead atoms. The Morgan fingerprint density at radius 1 is 1.30 bits per heavy atom. The minimum atomic E-state index is -1.06. The summed E-state index contributed by atoms with van der Waals surface area (Å²) in [6.45, 7) is 0. The van der Waals surface area contributed by atoms with E-state index in [1.807, 2.05) is 0 Å². The Morgan fingerprint density at radius 2 is 2.10 bits per heavy atom. The van der Waals surface area contributed by atoms with Crippen LogP contribution < -0.4 is 0 Å². The van der Waals surface area contributed by atoms with Gasteiger partial charge in [0.1, 0.15) is 17.7 Å². The molecule has 2 aromatic carbocycles. The molecule has 20 heavy (non-hydrogen) atoms. The lowest BCUT2D eigenvalue weighted by atomic mass is 10.2. The topological polar surface area (TPSA) is 55.1 Å². The van der Waals surface area contributed by atoms with Crippen molar-refractivity contribution in [3.8, 4) is 5.69 Å². The largest absolute Gasteiger partial charge is 0.478 e. The van der Waals surface area contributed by atoms with Gasteiger partial charge in [-0.1, -0.05) is 17.7 Å². The summed E-state index contributed by atoms with van der Waals surface area (Å²) in [5, 5.41) is 9.48. The summed E-state index contributed by atoms with van der Waals surface area (Å²) in [7, 11) is 0. The van der Waals surface area contributed by atoms with Crippen LogP contribution in [0.1, 0.15) is 10.4 Å². The van der Waals surface area contributed by atoms with Crippen molar-refractivity contribution >= 4 is 28.6 Å². The molecular formula is C14H8ClFN2O2. The van der Waals surface area contributed by atoms with Crippen molar-refractivity contribution in [1.29, 1.82) is 0 Å². The highest BCUT2D eigenvalue weighted by Crippen LogP contribution is 2.26. The van der Waals surface area contributed by atoms with Crippen molar-refractivity contribution in [2.45, 2.75) is 0 Å². The van der Waals surface area contributed by atoms with Gasteiger partial charge in [-0.15, -0.1) is 0 Å². The number of nitrogens with zero attached hydrogens (tertiary/aromatic N) is 2. The highest BCUT2D eigenvalue weighted by atomic mass is 35.5. The fraction of sp³-hybridized carbons (Fsp3) is 0. The van der Waals surface area contributed by atoms with Gasteiger partial charge in [0.15, 0.2) is 0 Å². The minimum Gasteiger partial charge on any atom is -0.478 e. The van der Waals surface area contributed by atoms with Crippen molar-refractivity contribution in [3.05, 3.63) is 59.1 Å². The minimum absolute atomic E-state index is 0.0915. The van der Waals surface area contributed by atoms with Gasteiger partial charge in [-0.05, 0) is 30.3 Å². The third-order valence-electron chi connectivity index (χ3n) is 2.97. The quantitative estimate of drug-likeness (QED) is 0.785. The second-order valence-corrected chi connectivity index (χ2v) is 4.60. The number of aromatic nitrogens is 2. The fourth-order valence-corrected chi connectivity index (χ4v) is 2.28. The molecule has 1 N–H and O–H groups in total. The first-order valence-corrected chi connectivity index (χ1v) is 6.10. The van der Waals surface area contributed by atoms with Gasteiger partial charge in [0, 0.05) is 0 Å². The number of hydrogen-bond acceptors (Lipinski definition) is 2. The average molecular weight is 291 g/mol. The second kappa shape index (κ2) is 4.61. The smallest absolute Gasteiger partial charge is 0.337 e. The highest BCUT2D eigenvalue weighted by Gasteiger charge is 2.14. The molecule has 6 heteroatoms. The van der Waals surface area contributed by atoms with Crippen LogP contribution in [0.2, 0.25) is 5.02 Å². The van der Waals surface area contributed by atoms with Crippen molar-refractivity contribution in [2.75, 3.05) is 0 Å². The van der Waals surface area contributed by atoms with E-state index in [9.17, 15) is 9.18 Å². The Kier molecular flexibility index (Phi) is 2.91. The lowest BCUT2D eigenvalue weighted by Gasteiger charge is -2.07. The van der Waals surface area contributed by atoms with E-state index < -0.39 is 11.8 Å². The van der Waals surface area contributed by atoms with E-state index in [-0.39, 0.29) is 5.56 Å². The Balaban J connectivity index is 2.31. The number of halogens is 2. The van der Waals surface area contributed by atoms with Crippen LogP contribution in [-0.4, -0.2) is 20.6 Å². The molecule has 4 nitrogen and oxygen atoms in total. The number of benzene rings is 2. The molecule has 0 aliphatic rings. The van der Waals surface area contributed by atoms with Gasteiger partial charge in [-0.3, -0.25) is 4.57 Å². The molecule has 3 aromatic rings. The highest BCUT2D eigenvalue weighted by molar-refractivity contribution is 6.32. The van der Waals surface area contributed by atoms with Crippen molar-refractivity contribution in [3.63, 3.8) is 0 Å². The Labute approximate surface area is 118 Å². The van der Waals surface area contributed by atoms with Gasteiger partial charge in [0.2, 0.25) is 0 Å². The number of carboxylic acids is 1. The molecule has 0 atom stereocenters. The molecule has 0 radical (unpaired) electrons. The van der Waals surface area contributed by atoms with Gasteiger partial charge in [-0.2, -0.15) is 0 Å². The Hall–Kier alpha value is -2.40. The number of hydrogen-bond donors (Lipinski definition) is 1. The van der Waals surface area contributed by atoms with E-state index in [0.29, 0.717) is 21.7 Å². The van der Waals surface area contributed by atoms with Crippen LogP contribution in [0.15, 0.2) is 42.7 Å². The molecule has 0 aliphatic heterocycles. The summed E-state index contributed by atoms with van der Waals surface area (Å²) < 4.78 is 14.9. The standard InChI is InChI=1S/C14H8ClFN2O2/c15-10-5-4-8(16)6-12(10)18-7-17-13-9(14(19)20)2-1-3-11(13)18/h1-7H,(H,19,20). The third kappa shape index (κ3) is 1.92. The SMILES string of the molecule is O=C(O)c1cccc2c1ncn2-c1cc(F)ccc1Cl. The van der Waals surface area contributed by atoms with E-state index in [1.54, 1.807) is 16.7 Å². The normalized spacial score (nSPS) is 10.9. The lowest BCUT2D eigenvalue weighted by Crippen LogP contribution is -1.98. The first-order chi connectivity index (χ1) is 9.58. The van der Waals surface area contributed by atoms with E-state index in [4.69, 9.17) is 16.7 Å². The summed E-state index contributed by atoms with van der Waals surface area (Å²) >= 11 is 6.06. The fourth-order valence-electron chi connectivity index (χ4n) is 2.07. The Morgan fingerprint density at radius 3 is 2.85 bits per heavy atom. The molecule has 0 amide bonds. The van der Waals surface area contributed by atoms with Crippen molar-refractivity contribution in [1.82, 2.24) is 9.55 Å². The molecule has 3 rings (SSSR count). The van der Waals surface area contributed by atoms with Crippen molar-refractivity contribution < 1.29 is 14.3 Å². The molecule has 0 spiro atoms. The van der Waals surface area contributed by atoms with Crippen LogP contribution in [0, 0.1) is 5.82 Å². The first-order valence-electron chi connectivity index (χ1n) is 5.72. The molecule has 0 unspecified atom stereocenters. The zero-order valence-electron chi connectivity index (χ0n) is 10.0. The second-order valence-electron chi connectivity index (χ2n) is 4.19. The summed E-state index contributed by atoms with van der Waals surface area (Å²) in [4.78, 5) is 15.2. The molecule has 1 heterocycles. The average Bonchev–Trinajstić information content (AvgIpc) is 2.85. The van der Waals surface area contributed by atoms with Crippen LogP contribution in [0.25, 0.3) is 16.7 Å². The summed E-state index contributed by atoms with van der Waals surface area (Å²) in [6, 6.07) is 8.76. The number of imidazole rings is 1. The van der Waals surface area contributed by atoms with Gasteiger partial charge in [0.25, 0.3) is 0 Å². The molecule has 1 aromatic heterocycles. The zero-order valence-corrected chi connectivity index (χ0v) is 10.8. The predicted molar refractivity (Wildman–Crippen MR) is 73.0 cm³/mol. The van der Waals surface area contributed by atoms with E-state index in [1.165, 1.54) is 30.6 Å². The van der Waals surface area contributed by atoms with Gasteiger partial charge >= 0.3 is 5.97 Å². The molecule has 0 saturated heterocycles. The number of aromatic carboxylic acids is 1. The zero-order chi connectivity index (χ0) is 14.3. The van der Waals surface area contributed by atoms with Crippen LogP contribution in [0.5, 0.6) is 0 Å². The summed E-state index contributed by atoms with van der Waals surface area (Å²) in [5.41, 5.74) is 1.39. The van der Waals surface area contributed by atoms with Crippen LogP contribution in [0.3, 0.4) is 0 Å². The monoisotopic (exact) mass is 290 g/mol. The number of carbonyl (C=O) groups is 1. The van der Waals surface area contributed by atoms with Gasteiger partial charge in [-0.25, -0.2) is 14.2 Å². The van der Waals surface area contributed by atoms with E-state index in [2.05, 4.69) is 4.98 Å². The van der Waals surface area contributed by atoms with Crippen LogP contribution in [0.4, 0.5) is 4.39 Å².